The van der Waals surface area contributed by atoms with E-state index in [1.165, 1.54) is 12.1 Å². The Kier molecular flexibility index (Phi) is 3.88. The van der Waals surface area contributed by atoms with Crippen molar-refractivity contribution in [2.45, 2.75) is 12.5 Å². The summed E-state index contributed by atoms with van der Waals surface area (Å²) in [5, 5.41) is 11.6. The van der Waals surface area contributed by atoms with Crippen molar-refractivity contribution in [2.75, 3.05) is 18.0 Å². The summed E-state index contributed by atoms with van der Waals surface area (Å²) >= 11 is 1.55. The lowest BCUT2D eigenvalue weighted by Gasteiger charge is -2.12. The Hall–Kier alpha value is -1.44. The molecule has 2 N–H and O–H groups in total. The average Bonchev–Trinajstić information content (AvgIpc) is 2.93. The highest BCUT2D eigenvalue weighted by molar-refractivity contribution is 7.22. The second kappa shape index (κ2) is 5.28. The summed E-state index contributed by atoms with van der Waals surface area (Å²) in [5.41, 5.74) is 6.63. The van der Waals surface area contributed by atoms with Crippen LogP contribution in [0, 0.1) is 10.1 Å². The SMILES string of the molecule is Cl.N[C@H]1CCN(c2nc3cc([N+](=O)[O-])ccc3s2)C1. The highest BCUT2D eigenvalue weighted by Gasteiger charge is 2.22. The molecule has 1 saturated heterocycles. The standard InChI is InChI=1S/C11H12N4O2S.ClH/c12-7-3-4-14(6-7)11-13-9-5-8(15(16)17)1-2-10(9)18-11;/h1-2,5,7H,3-4,6,12H2;1H/t7-;/m0./s1. The molecule has 0 aliphatic carbocycles. The van der Waals surface area contributed by atoms with Crippen LogP contribution in [0.25, 0.3) is 10.2 Å². The van der Waals surface area contributed by atoms with Gasteiger partial charge in [-0.05, 0) is 12.5 Å². The van der Waals surface area contributed by atoms with Gasteiger partial charge in [0, 0.05) is 31.3 Å². The number of hydrogen-bond acceptors (Lipinski definition) is 6. The first-order chi connectivity index (χ1) is 8.63. The molecule has 2 heterocycles. The Morgan fingerprint density at radius 3 is 2.95 bits per heavy atom. The van der Waals surface area contributed by atoms with Crippen molar-refractivity contribution in [3.8, 4) is 0 Å². The van der Waals surface area contributed by atoms with Gasteiger partial charge in [-0.3, -0.25) is 10.1 Å². The first-order valence-electron chi connectivity index (χ1n) is 5.69. The van der Waals surface area contributed by atoms with Crippen molar-refractivity contribution in [1.82, 2.24) is 4.98 Å². The second-order valence-corrected chi connectivity index (χ2v) is 5.41. The number of fused-ring (bicyclic) bond motifs is 1. The zero-order chi connectivity index (χ0) is 12.7. The maximum atomic E-state index is 10.7. The summed E-state index contributed by atoms with van der Waals surface area (Å²) < 4.78 is 0.969. The Morgan fingerprint density at radius 2 is 2.32 bits per heavy atom. The fraction of sp³-hybridized carbons (Fsp3) is 0.364. The van der Waals surface area contributed by atoms with Gasteiger partial charge < -0.3 is 10.6 Å². The lowest BCUT2D eigenvalue weighted by molar-refractivity contribution is -0.384. The van der Waals surface area contributed by atoms with Crippen LogP contribution in [0.3, 0.4) is 0 Å². The van der Waals surface area contributed by atoms with Crippen LogP contribution in [0.5, 0.6) is 0 Å². The van der Waals surface area contributed by atoms with Gasteiger partial charge in [0.15, 0.2) is 5.13 Å². The fourth-order valence-corrected chi connectivity index (χ4v) is 3.09. The van der Waals surface area contributed by atoms with Crippen molar-refractivity contribution in [1.29, 1.82) is 0 Å². The van der Waals surface area contributed by atoms with Gasteiger partial charge in [0.05, 0.1) is 15.1 Å². The van der Waals surface area contributed by atoms with Gasteiger partial charge in [-0.15, -0.1) is 12.4 Å². The lowest BCUT2D eigenvalue weighted by atomic mass is 10.3. The van der Waals surface area contributed by atoms with E-state index in [-0.39, 0.29) is 24.1 Å². The predicted molar refractivity (Wildman–Crippen MR) is 78.3 cm³/mol. The molecule has 6 nitrogen and oxygen atoms in total. The molecule has 0 amide bonds. The molecular formula is C11H13ClN4O2S. The molecular weight excluding hydrogens is 288 g/mol. The van der Waals surface area contributed by atoms with Crippen LogP contribution in [-0.2, 0) is 0 Å². The molecule has 1 aliphatic rings. The Labute approximate surface area is 119 Å². The number of non-ortho nitro benzene ring substituents is 1. The van der Waals surface area contributed by atoms with E-state index >= 15 is 0 Å². The molecule has 0 saturated carbocycles. The minimum Gasteiger partial charge on any atom is -0.346 e. The number of nitro groups is 1. The first-order valence-corrected chi connectivity index (χ1v) is 6.50. The third-order valence-electron chi connectivity index (χ3n) is 3.07. The van der Waals surface area contributed by atoms with E-state index in [1.807, 2.05) is 0 Å². The quantitative estimate of drug-likeness (QED) is 0.678. The van der Waals surface area contributed by atoms with E-state index in [4.69, 9.17) is 5.73 Å². The Balaban J connectivity index is 0.00000133. The number of anilines is 1. The molecule has 0 bridgehead atoms. The molecule has 8 heteroatoms. The first kappa shape index (κ1) is 14.0. The van der Waals surface area contributed by atoms with E-state index in [0.717, 1.165) is 29.3 Å². The molecule has 1 atom stereocenters. The molecule has 19 heavy (non-hydrogen) atoms. The topological polar surface area (TPSA) is 85.3 Å². The second-order valence-electron chi connectivity index (χ2n) is 4.40. The van der Waals surface area contributed by atoms with Crippen molar-refractivity contribution < 1.29 is 4.92 Å². The summed E-state index contributed by atoms with van der Waals surface area (Å²) in [6, 6.07) is 4.99. The van der Waals surface area contributed by atoms with Crippen LogP contribution in [0.4, 0.5) is 10.8 Å². The van der Waals surface area contributed by atoms with Crippen LogP contribution in [0.15, 0.2) is 18.2 Å². The number of nitrogens with two attached hydrogens (primary N) is 1. The molecule has 1 aromatic carbocycles. The molecule has 102 valence electrons. The molecule has 3 rings (SSSR count). The van der Waals surface area contributed by atoms with Crippen molar-refractivity contribution >= 4 is 44.8 Å². The van der Waals surface area contributed by atoms with Gasteiger partial charge in [-0.2, -0.15) is 0 Å². The molecule has 1 aromatic heterocycles. The van der Waals surface area contributed by atoms with E-state index in [2.05, 4.69) is 9.88 Å². The smallest absolute Gasteiger partial charge is 0.271 e. The van der Waals surface area contributed by atoms with Crippen molar-refractivity contribution in [3.63, 3.8) is 0 Å². The zero-order valence-electron chi connectivity index (χ0n) is 9.98. The number of nitro benzene ring substituents is 1. The Bertz CT molecular complexity index is 618. The van der Waals surface area contributed by atoms with Crippen LogP contribution in [-0.4, -0.2) is 29.0 Å². The lowest BCUT2D eigenvalue weighted by Crippen LogP contribution is -2.26. The summed E-state index contributed by atoms with van der Waals surface area (Å²) in [7, 11) is 0. The highest BCUT2D eigenvalue weighted by Crippen LogP contribution is 2.32. The minimum atomic E-state index is -0.399. The number of aromatic nitrogens is 1. The fourth-order valence-electron chi connectivity index (χ4n) is 2.11. The zero-order valence-corrected chi connectivity index (χ0v) is 11.6. The number of rotatable bonds is 2. The monoisotopic (exact) mass is 300 g/mol. The summed E-state index contributed by atoms with van der Waals surface area (Å²) in [6.07, 6.45) is 0.968. The maximum absolute atomic E-state index is 10.7. The summed E-state index contributed by atoms with van der Waals surface area (Å²) in [5.74, 6) is 0. The highest BCUT2D eigenvalue weighted by atomic mass is 35.5. The predicted octanol–water partition coefficient (Wildman–Crippen LogP) is 2.16. The normalized spacial score (nSPS) is 18.6. The number of halogens is 1. The van der Waals surface area contributed by atoms with Crippen LogP contribution in [0.1, 0.15) is 6.42 Å². The van der Waals surface area contributed by atoms with Crippen LogP contribution in [0.2, 0.25) is 0 Å². The van der Waals surface area contributed by atoms with E-state index in [9.17, 15) is 10.1 Å². The summed E-state index contributed by atoms with van der Waals surface area (Å²) in [6.45, 7) is 1.71. The van der Waals surface area contributed by atoms with E-state index in [1.54, 1.807) is 17.4 Å². The van der Waals surface area contributed by atoms with Crippen LogP contribution >= 0.6 is 23.7 Å². The number of thiazole rings is 1. The number of hydrogen-bond donors (Lipinski definition) is 1. The van der Waals surface area contributed by atoms with Gasteiger partial charge in [0.2, 0.25) is 0 Å². The van der Waals surface area contributed by atoms with Crippen LogP contribution < -0.4 is 10.6 Å². The van der Waals surface area contributed by atoms with E-state index < -0.39 is 4.92 Å². The number of nitrogens with zero attached hydrogens (tertiary/aromatic N) is 3. The maximum Gasteiger partial charge on any atom is 0.271 e. The third-order valence-corrected chi connectivity index (χ3v) is 4.16. The molecule has 0 unspecified atom stereocenters. The van der Waals surface area contributed by atoms with Gasteiger partial charge in [0.25, 0.3) is 5.69 Å². The average molecular weight is 301 g/mol. The molecule has 0 spiro atoms. The van der Waals surface area contributed by atoms with Crippen molar-refractivity contribution in [3.05, 3.63) is 28.3 Å². The molecule has 1 aliphatic heterocycles. The van der Waals surface area contributed by atoms with Gasteiger partial charge in [-0.25, -0.2) is 4.98 Å². The van der Waals surface area contributed by atoms with E-state index in [0.29, 0.717) is 5.52 Å². The molecule has 2 aromatic rings. The molecule has 0 radical (unpaired) electrons. The van der Waals surface area contributed by atoms with Gasteiger partial charge in [-0.1, -0.05) is 11.3 Å². The molecule has 1 fully saturated rings. The van der Waals surface area contributed by atoms with Gasteiger partial charge >= 0.3 is 0 Å². The largest absolute Gasteiger partial charge is 0.346 e. The Morgan fingerprint density at radius 1 is 1.53 bits per heavy atom. The van der Waals surface area contributed by atoms with Gasteiger partial charge in [0.1, 0.15) is 0 Å². The minimum absolute atomic E-state index is 0. The van der Waals surface area contributed by atoms with Crippen molar-refractivity contribution in [2.24, 2.45) is 5.73 Å². The third kappa shape index (κ3) is 2.63. The summed E-state index contributed by atoms with van der Waals surface area (Å²) in [4.78, 5) is 16.9. The number of benzene rings is 1.